The summed E-state index contributed by atoms with van der Waals surface area (Å²) in [4.78, 5) is 6.92. The summed E-state index contributed by atoms with van der Waals surface area (Å²) in [5.41, 5.74) is 5.74. The van der Waals surface area contributed by atoms with E-state index in [0.717, 1.165) is 26.2 Å². The molecule has 2 heterocycles. The average molecular weight is 222 g/mol. The zero-order valence-corrected chi connectivity index (χ0v) is 10.3. The van der Waals surface area contributed by atoms with Gasteiger partial charge in [-0.05, 0) is 32.7 Å². The highest BCUT2D eigenvalue weighted by molar-refractivity contribution is 4.95. The smallest absolute Gasteiger partial charge is 0.122 e. The molecule has 0 bridgehead atoms. The standard InChI is InChI=1S/C12H22N4/c1-3-15-5-4-14-12(15)9-16-8-11(7-13)6-10(16)2/h4-5,10-11H,3,6-9,13H2,1-2H3. The number of likely N-dealkylation sites (tertiary alicyclic amines) is 1. The highest BCUT2D eigenvalue weighted by atomic mass is 15.2. The minimum atomic E-state index is 0.635. The first kappa shape index (κ1) is 11.6. The number of aromatic nitrogens is 2. The van der Waals surface area contributed by atoms with Gasteiger partial charge in [0.25, 0.3) is 0 Å². The number of aryl methyl sites for hydroxylation is 1. The van der Waals surface area contributed by atoms with E-state index in [1.807, 2.05) is 6.20 Å². The molecule has 0 spiro atoms. The van der Waals surface area contributed by atoms with Crippen molar-refractivity contribution in [3.8, 4) is 0 Å². The number of imidazole rings is 1. The van der Waals surface area contributed by atoms with E-state index in [1.54, 1.807) is 0 Å². The Morgan fingerprint density at radius 2 is 2.38 bits per heavy atom. The van der Waals surface area contributed by atoms with Crippen LogP contribution < -0.4 is 5.73 Å². The average Bonchev–Trinajstić information content (AvgIpc) is 2.86. The molecule has 2 atom stereocenters. The van der Waals surface area contributed by atoms with Gasteiger partial charge in [0.1, 0.15) is 5.82 Å². The van der Waals surface area contributed by atoms with Crippen molar-refractivity contribution >= 4 is 0 Å². The molecule has 2 unspecified atom stereocenters. The third-order valence-corrected chi connectivity index (χ3v) is 3.61. The van der Waals surface area contributed by atoms with Crippen LogP contribution in [0.3, 0.4) is 0 Å². The van der Waals surface area contributed by atoms with E-state index < -0.39 is 0 Å². The Morgan fingerprint density at radius 3 is 3.00 bits per heavy atom. The molecular weight excluding hydrogens is 200 g/mol. The highest BCUT2D eigenvalue weighted by Crippen LogP contribution is 2.23. The number of hydrogen-bond donors (Lipinski definition) is 1. The van der Waals surface area contributed by atoms with E-state index in [0.29, 0.717) is 12.0 Å². The van der Waals surface area contributed by atoms with Crippen LogP contribution in [0.25, 0.3) is 0 Å². The summed E-state index contributed by atoms with van der Waals surface area (Å²) in [5, 5.41) is 0. The molecule has 1 aromatic heterocycles. The lowest BCUT2D eigenvalue weighted by Crippen LogP contribution is -2.28. The van der Waals surface area contributed by atoms with Gasteiger partial charge in [0.15, 0.2) is 0 Å². The molecule has 1 aliphatic heterocycles. The van der Waals surface area contributed by atoms with Gasteiger partial charge in [-0.15, -0.1) is 0 Å². The molecule has 2 N–H and O–H groups in total. The van der Waals surface area contributed by atoms with Gasteiger partial charge in [0, 0.05) is 31.5 Å². The Labute approximate surface area is 97.4 Å². The third-order valence-electron chi connectivity index (χ3n) is 3.61. The Hall–Kier alpha value is -0.870. The van der Waals surface area contributed by atoms with Crippen LogP contribution >= 0.6 is 0 Å². The summed E-state index contributed by atoms with van der Waals surface area (Å²) < 4.78 is 2.21. The van der Waals surface area contributed by atoms with E-state index in [-0.39, 0.29) is 0 Å². The molecule has 1 aliphatic rings. The Morgan fingerprint density at radius 1 is 1.56 bits per heavy atom. The lowest BCUT2D eigenvalue weighted by Gasteiger charge is -2.20. The van der Waals surface area contributed by atoms with Crippen LogP contribution in [0.1, 0.15) is 26.1 Å². The topological polar surface area (TPSA) is 47.1 Å². The van der Waals surface area contributed by atoms with Crippen molar-refractivity contribution in [2.24, 2.45) is 11.7 Å². The van der Waals surface area contributed by atoms with Crippen LogP contribution in [0.5, 0.6) is 0 Å². The van der Waals surface area contributed by atoms with Crippen molar-refractivity contribution in [1.82, 2.24) is 14.5 Å². The minimum Gasteiger partial charge on any atom is -0.334 e. The Balaban J connectivity index is 2.00. The highest BCUT2D eigenvalue weighted by Gasteiger charge is 2.28. The second-order valence-corrected chi connectivity index (χ2v) is 4.75. The molecule has 0 aromatic carbocycles. The number of nitrogens with zero attached hydrogens (tertiary/aromatic N) is 3. The van der Waals surface area contributed by atoms with Crippen molar-refractivity contribution in [3.05, 3.63) is 18.2 Å². The van der Waals surface area contributed by atoms with Crippen LogP contribution in [-0.2, 0) is 13.1 Å². The molecule has 4 heteroatoms. The molecule has 0 saturated carbocycles. The van der Waals surface area contributed by atoms with Crippen molar-refractivity contribution < 1.29 is 0 Å². The van der Waals surface area contributed by atoms with E-state index in [2.05, 4.69) is 34.5 Å². The predicted molar refractivity (Wildman–Crippen MR) is 64.9 cm³/mol. The van der Waals surface area contributed by atoms with Gasteiger partial charge in [-0.3, -0.25) is 4.90 Å². The van der Waals surface area contributed by atoms with E-state index in [9.17, 15) is 0 Å². The molecule has 0 amide bonds. The van der Waals surface area contributed by atoms with Gasteiger partial charge >= 0.3 is 0 Å². The van der Waals surface area contributed by atoms with Crippen LogP contribution in [0.4, 0.5) is 0 Å². The van der Waals surface area contributed by atoms with Crippen LogP contribution in [0.2, 0.25) is 0 Å². The zero-order valence-electron chi connectivity index (χ0n) is 10.3. The molecule has 90 valence electrons. The first-order valence-electron chi connectivity index (χ1n) is 6.18. The van der Waals surface area contributed by atoms with Gasteiger partial charge in [-0.25, -0.2) is 4.98 Å². The molecule has 4 nitrogen and oxygen atoms in total. The summed E-state index contributed by atoms with van der Waals surface area (Å²) in [7, 11) is 0. The normalized spacial score (nSPS) is 26.4. The molecule has 1 fully saturated rings. The fourth-order valence-corrected chi connectivity index (χ4v) is 2.57. The summed E-state index contributed by atoms with van der Waals surface area (Å²) in [6.45, 7) is 8.32. The van der Waals surface area contributed by atoms with Gasteiger partial charge in [0.05, 0.1) is 6.54 Å². The second-order valence-electron chi connectivity index (χ2n) is 4.75. The predicted octanol–water partition coefficient (Wildman–Crippen LogP) is 1.07. The van der Waals surface area contributed by atoms with Gasteiger partial charge < -0.3 is 10.3 Å². The van der Waals surface area contributed by atoms with E-state index >= 15 is 0 Å². The largest absolute Gasteiger partial charge is 0.334 e. The molecule has 16 heavy (non-hydrogen) atoms. The van der Waals surface area contributed by atoms with Crippen LogP contribution in [-0.4, -0.2) is 33.6 Å². The summed E-state index contributed by atoms with van der Waals surface area (Å²) in [6, 6.07) is 0.635. The number of rotatable bonds is 4. The molecule has 0 radical (unpaired) electrons. The quantitative estimate of drug-likeness (QED) is 0.829. The lowest BCUT2D eigenvalue weighted by atomic mass is 10.1. The first-order chi connectivity index (χ1) is 7.74. The molecule has 2 rings (SSSR count). The Bertz CT molecular complexity index is 334. The lowest BCUT2D eigenvalue weighted by molar-refractivity contribution is 0.246. The van der Waals surface area contributed by atoms with Crippen molar-refractivity contribution in [2.45, 2.75) is 39.4 Å². The maximum absolute atomic E-state index is 5.74. The zero-order chi connectivity index (χ0) is 11.5. The molecule has 1 saturated heterocycles. The minimum absolute atomic E-state index is 0.635. The summed E-state index contributed by atoms with van der Waals surface area (Å²) in [6.07, 6.45) is 5.17. The monoisotopic (exact) mass is 222 g/mol. The first-order valence-corrected chi connectivity index (χ1v) is 6.18. The molecule has 1 aromatic rings. The maximum atomic E-state index is 5.74. The Kier molecular flexibility index (Phi) is 3.61. The van der Waals surface area contributed by atoms with Crippen molar-refractivity contribution in [1.29, 1.82) is 0 Å². The van der Waals surface area contributed by atoms with Crippen molar-refractivity contribution in [2.75, 3.05) is 13.1 Å². The van der Waals surface area contributed by atoms with Crippen molar-refractivity contribution in [3.63, 3.8) is 0 Å². The van der Waals surface area contributed by atoms with Crippen LogP contribution in [0.15, 0.2) is 12.4 Å². The maximum Gasteiger partial charge on any atom is 0.122 e. The second kappa shape index (κ2) is 4.97. The van der Waals surface area contributed by atoms with Gasteiger partial charge in [-0.2, -0.15) is 0 Å². The third kappa shape index (κ3) is 2.28. The van der Waals surface area contributed by atoms with Crippen LogP contribution in [0, 0.1) is 5.92 Å². The molecule has 0 aliphatic carbocycles. The number of nitrogens with two attached hydrogens (primary N) is 1. The van der Waals surface area contributed by atoms with E-state index in [1.165, 1.54) is 12.2 Å². The SMILES string of the molecule is CCn1ccnc1CN1CC(CN)CC1C. The van der Waals surface area contributed by atoms with E-state index in [4.69, 9.17) is 5.73 Å². The fourth-order valence-electron chi connectivity index (χ4n) is 2.57. The molecular formula is C12H22N4. The fraction of sp³-hybridized carbons (Fsp3) is 0.750. The summed E-state index contributed by atoms with van der Waals surface area (Å²) in [5.74, 6) is 1.84. The van der Waals surface area contributed by atoms with Gasteiger partial charge in [-0.1, -0.05) is 0 Å². The number of hydrogen-bond acceptors (Lipinski definition) is 3. The summed E-state index contributed by atoms with van der Waals surface area (Å²) >= 11 is 0. The van der Waals surface area contributed by atoms with Gasteiger partial charge in [0.2, 0.25) is 0 Å².